The van der Waals surface area contributed by atoms with Crippen LogP contribution in [0.5, 0.6) is 0 Å². The van der Waals surface area contributed by atoms with E-state index in [0.717, 1.165) is 31.5 Å². The molecule has 0 radical (unpaired) electrons. The third-order valence-corrected chi connectivity index (χ3v) is 6.79. The van der Waals surface area contributed by atoms with Gasteiger partial charge in [-0.15, -0.1) is 0 Å². The Hall–Kier alpha value is -1.47. The van der Waals surface area contributed by atoms with Crippen LogP contribution in [-0.2, 0) is 11.0 Å². The summed E-state index contributed by atoms with van der Waals surface area (Å²) in [5.41, 5.74) is 0.860. The SMILES string of the molecule is CN(C)C(=O)c1cc(N2C3CCC2CC3)nc(Cl)c1/C=N/S(=O)C(C)(C)C. The van der Waals surface area contributed by atoms with Crippen molar-refractivity contribution in [2.24, 2.45) is 4.40 Å². The Labute approximate surface area is 168 Å². The minimum Gasteiger partial charge on any atom is -0.351 e. The van der Waals surface area contributed by atoms with E-state index in [-0.39, 0.29) is 11.1 Å². The van der Waals surface area contributed by atoms with Crippen molar-refractivity contribution in [3.05, 3.63) is 22.3 Å². The highest BCUT2D eigenvalue weighted by Gasteiger charge is 2.40. The van der Waals surface area contributed by atoms with E-state index in [9.17, 15) is 9.00 Å². The van der Waals surface area contributed by atoms with Gasteiger partial charge in [-0.3, -0.25) is 4.79 Å². The minimum atomic E-state index is -1.44. The first-order valence-electron chi connectivity index (χ1n) is 9.26. The molecule has 0 saturated carbocycles. The number of nitrogens with zero attached hydrogens (tertiary/aromatic N) is 4. The Balaban J connectivity index is 2.04. The zero-order valence-corrected chi connectivity index (χ0v) is 18.1. The van der Waals surface area contributed by atoms with Gasteiger partial charge in [-0.05, 0) is 52.5 Å². The molecule has 2 bridgehead atoms. The summed E-state index contributed by atoms with van der Waals surface area (Å²) < 4.78 is 15.9. The molecule has 2 aliphatic heterocycles. The van der Waals surface area contributed by atoms with Gasteiger partial charge in [0.15, 0.2) is 0 Å². The predicted octanol–water partition coefficient (Wildman–Crippen LogP) is 3.45. The maximum absolute atomic E-state index is 12.8. The van der Waals surface area contributed by atoms with Crippen LogP contribution in [-0.4, -0.2) is 57.1 Å². The van der Waals surface area contributed by atoms with Crippen LogP contribution in [0.3, 0.4) is 0 Å². The van der Waals surface area contributed by atoms with Crippen molar-refractivity contribution in [2.45, 2.75) is 63.3 Å². The molecule has 2 saturated heterocycles. The van der Waals surface area contributed by atoms with Crippen LogP contribution in [0.2, 0.25) is 5.15 Å². The van der Waals surface area contributed by atoms with E-state index in [1.54, 1.807) is 14.1 Å². The van der Waals surface area contributed by atoms with Crippen molar-refractivity contribution < 1.29 is 9.00 Å². The van der Waals surface area contributed by atoms with Gasteiger partial charge in [0.2, 0.25) is 0 Å². The smallest absolute Gasteiger partial charge is 0.254 e. The molecule has 1 aromatic rings. The largest absolute Gasteiger partial charge is 0.351 e. The summed E-state index contributed by atoms with van der Waals surface area (Å²) in [5.74, 6) is 0.583. The Morgan fingerprint density at radius 1 is 1.30 bits per heavy atom. The van der Waals surface area contributed by atoms with Crippen LogP contribution in [0.1, 0.15) is 62.4 Å². The first-order chi connectivity index (χ1) is 12.6. The van der Waals surface area contributed by atoms with Gasteiger partial charge in [0, 0.05) is 38.0 Å². The van der Waals surface area contributed by atoms with Crippen LogP contribution >= 0.6 is 11.6 Å². The number of rotatable bonds is 4. The Kier molecular flexibility index (Phi) is 5.64. The number of aromatic nitrogens is 1. The zero-order valence-electron chi connectivity index (χ0n) is 16.5. The Morgan fingerprint density at radius 3 is 2.33 bits per heavy atom. The number of hydrogen-bond acceptors (Lipinski definition) is 4. The highest BCUT2D eigenvalue weighted by Crippen LogP contribution is 2.41. The van der Waals surface area contributed by atoms with Gasteiger partial charge >= 0.3 is 0 Å². The van der Waals surface area contributed by atoms with Crippen LogP contribution in [0.4, 0.5) is 5.82 Å². The quantitative estimate of drug-likeness (QED) is 0.563. The van der Waals surface area contributed by atoms with Gasteiger partial charge in [0.05, 0.1) is 10.3 Å². The average molecular weight is 411 g/mol. The molecule has 3 heterocycles. The molecule has 2 aliphatic rings. The number of halogens is 1. The predicted molar refractivity (Wildman–Crippen MR) is 111 cm³/mol. The molecule has 0 aromatic carbocycles. The fraction of sp³-hybridized carbons (Fsp3) is 0.632. The second kappa shape index (κ2) is 7.51. The first-order valence-corrected chi connectivity index (χ1v) is 10.7. The Morgan fingerprint density at radius 2 is 1.85 bits per heavy atom. The number of fused-ring (bicyclic) bond motifs is 2. The summed E-state index contributed by atoms with van der Waals surface area (Å²) in [4.78, 5) is 21.2. The van der Waals surface area contributed by atoms with Crippen molar-refractivity contribution in [2.75, 3.05) is 19.0 Å². The molecule has 0 aliphatic carbocycles. The normalized spacial score (nSPS) is 23.3. The van der Waals surface area contributed by atoms with E-state index in [2.05, 4.69) is 14.3 Å². The minimum absolute atomic E-state index is 0.171. The molecule has 1 aromatic heterocycles. The molecule has 8 heteroatoms. The molecule has 27 heavy (non-hydrogen) atoms. The molecular formula is C19H27ClN4O2S. The van der Waals surface area contributed by atoms with Gasteiger partial charge in [0.1, 0.15) is 22.0 Å². The summed E-state index contributed by atoms with van der Waals surface area (Å²) in [5, 5.41) is 0.221. The maximum atomic E-state index is 12.8. The molecule has 148 valence electrons. The van der Waals surface area contributed by atoms with Crippen LogP contribution in [0.25, 0.3) is 0 Å². The van der Waals surface area contributed by atoms with Gasteiger partial charge in [-0.25, -0.2) is 9.19 Å². The van der Waals surface area contributed by atoms with E-state index >= 15 is 0 Å². The molecule has 1 unspecified atom stereocenters. The molecule has 2 fully saturated rings. The molecule has 1 amide bonds. The third-order valence-electron chi connectivity index (χ3n) is 5.15. The number of hydrogen-bond donors (Lipinski definition) is 0. The average Bonchev–Trinajstić information content (AvgIpc) is 3.18. The van der Waals surface area contributed by atoms with Crippen molar-refractivity contribution in [1.29, 1.82) is 0 Å². The number of anilines is 1. The van der Waals surface area contributed by atoms with E-state index in [1.807, 2.05) is 26.8 Å². The second-order valence-electron chi connectivity index (χ2n) is 8.40. The van der Waals surface area contributed by atoms with Crippen molar-refractivity contribution in [3.8, 4) is 0 Å². The van der Waals surface area contributed by atoms with Crippen LogP contribution in [0.15, 0.2) is 10.5 Å². The fourth-order valence-electron chi connectivity index (χ4n) is 3.73. The molecule has 0 N–H and O–H groups in total. The molecule has 0 spiro atoms. The van der Waals surface area contributed by atoms with Gasteiger partial charge in [0.25, 0.3) is 5.91 Å². The van der Waals surface area contributed by atoms with Gasteiger partial charge < -0.3 is 9.80 Å². The number of pyridine rings is 1. The highest BCUT2D eigenvalue weighted by molar-refractivity contribution is 7.85. The van der Waals surface area contributed by atoms with Crippen molar-refractivity contribution >= 4 is 40.5 Å². The fourth-order valence-corrected chi connectivity index (χ4v) is 4.48. The molecule has 3 rings (SSSR count). The monoisotopic (exact) mass is 410 g/mol. The summed E-state index contributed by atoms with van der Waals surface area (Å²) in [6.45, 7) is 5.54. The van der Waals surface area contributed by atoms with E-state index in [4.69, 9.17) is 11.6 Å². The van der Waals surface area contributed by atoms with Crippen molar-refractivity contribution in [1.82, 2.24) is 9.88 Å². The second-order valence-corrected chi connectivity index (χ2v) is 10.7. The van der Waals surface area contributed by atoms with E-state index in [1.165, 1.54) is 11.1 Å². The van der Waals surface area contributed by atoms with E-state index < -0.39 is 15.7 Å². The van der Waals surface area contributed by atoms with Gasteiger partial charge in [-0.2, -0.15) is 4.40 Å². The van der Waals surface area contributed by atoms with E-state index in [0.29, 0.717) is 23.2 Å². The summed E-state index contributed by atoms with van der Waals surface area (Å²) in [6, 6.07) is 2.77. The summed E-state index contributed by atoms with van der Waals surface area (Å²) in [7, 11) is 1.96. The van der Waals surface area contributed by atoms with Crippen LogP contribution in [0, 0.1) is 0 Å². The van der Waals surface area contributed by atoms with Crippen molar-refractivity contribution in [3.63, 3.8) is 0 Å². The summed E-state index contributed by atoms with van der Waals surface area (Å²) in [6.07, 6.45) is 6.07. The lowest BCUT2D eigenvalue weighted by Crippen LogP contribution is -2.30. The molecular weight excluding hydrogens is 384 g/mol. The number of amides is 1. The number of carbonyl (C=O) groups excluding carboxylic acids is 1. The topological polar surface area (TPSA) is 65.9 Å². The lowest BCUT2D eigenvalue weighted by Gasteiger charge is -2.25. The maximum Gasteiger partial charge on any atom is 0.254 e. The zero-order chi connectivity index (χ0) is 19.9. The molecule has 1 atom stereocenters. The van der Waals surface area contributed by atoms with Crippen LogP contribution < -0.4 is 4.90 Å². The third kappa shape index (κ3) is 4.04. The molecule has 6 nitrogen and oxygen atoms in total. The summed E-state index contributed by atoms with van der Waals surface area (Å²) >= 11 is 6.48. The lowest BCUT2D eigenvalue weighted by molar-refractivity contribution is 0.0827. The number of carbonyl (C=O) groups is 1. The lowest BCUT2D eigenvalue weighted by atomic mass is 10.0. The van der Waals surface area contributed by atoms with Gasteiger partial charge in [-0.1, -0.05) is 11.6 Å². The first kappa shape index (κ1) is 20.3. The standard InChI is InChI=1S/C19H27ClN4O2S/c1-19(2,3)27(26)21-11-15-14(18(25)23(4)5)10-16(22-17(15)20)24-12-6-7-13(24)9-8-12/h10-13H,6-9H2,1-5H3/b21-11+. The Bertz CT molecular complexity index is 784. The highest BCUT2D eigenvalue weighted by atomic mass is 35.5.